The van der Waals surface area contributed by atoms with E-state index in [1.807, 2.05) is 13.8 Å². The number of hydrogen-bond acceptors (Lipinski definition) is 5. The third kappa shape index (κ3) is 3.73. The standard InChI is InChI=1S/C17H20FN3O3/c1-11-8-21(12(2)7-19-11)17(22)15-9-24-16(20-15)10-23-14-5-3-4-13(18)6-14/h3-6,9,11-12,19H,7-8,10H2,1-2H3/t11-,12+/m1/s1. The van der Waals surface area contributed by atoms with Crippen LogP contribution < -0.4 is 10.1 Å². The Labute approximate surface area is 139 Å². The number of nitrogens with zero attached hydrogens (tertiary/aromatic N) is 2. The van der Waals surface area contributed by atoms with Gasteiger partial charge in [-0.15, -0.1) is 0 Å². The number of ether oxygens (including phenoxy) is 1. The average molecular weight is 333 g/mol. The van der Waals surface area contributed by atoms with Crippen LogP contribution in [0.4, 0.5) is 4.39 Å². The number of oxazole rings is 1. The molecule has 7 heteroatoms. The van der Waals surface area contributed by atoms with Crippen LogP contribution in [0.25, 0.3) is 0 Å². The van der Waals surface area contributed by atoms with E-state index in [0.29, 0.717) is 12.3 Å². The van der Waals surface area contributed by atoms with Gasteiger partial charge in [0.15, 0.2) is 12.3 Å². The van der Waals surface area contributed by atoms with Gasteiger partial charge in [0, 0.05) is 31.2 Å². The largest absolute Gasteiger partial charge is 0.484 e. The van der Waals surface area contributed by atoms with Crippen LogP contribution in [-0.2, 0) is 6.61 Å². The highest BCUT2D eigenvalue weighted by atomic mass is 19.1. The number of carbonyl (C=O) groups excluding carboxylic acids is 1. The Hall–Kier alpha value is -2.41. The van der Waals surface area contributed by atoms with E-state index < -0.39 is 0 Å². The Morgan fingerprint density at radius 1 is 1.50 bits per heavy atom. The molecule has 1 fully saturated rings. The van der Waals surface area contributed by atoms with Crippen molar-refractivity contribution < 1.29 is 18.3 Å². The second-order valence-electron chi connectivity index (χ2n) is 5.99. The highest BCUT2D eigenvalue weighted by Gasteiger charge is 2.29. The normalized spacial score (nSPS) is 20.9. The number of aromatic nitrogens is 1. The van der Waals surface area contributed by atoms with Crippen LogP contribution in [0.5, 0.6) is 5.75 Å². The number of amides is 1. The molecule has 24 heavy (non-hydrogen) atoms. The zero-order valence-corrected chi connectivity index (χ0v) is 13.7. The van der Waals surface area contributed by atoms with Gasteiger partial charge in [0.1, 0.15) is 17.8 Å². The monoisotopic (exact) mass is 333 g/mol. The van der Waals surface area contributed by atoms with Gasteiger partial charge in [0.05, 0.1) is 0 Å². The van der Waals surface area contributed by atoms with E-state index in [1.54, 1.807) is 17.0 Å². The van der Waals surface area contributed by atoms with Gasteiger partial charge in [-0.3, -0.25) is 4.79 Å². The first-order valence-electron chi connectivity index (χ1n) is 7.90. The zero-order valence-electron chi connectivity index (χ0n) is 13.7. The molecule has 3 rings (SSSR count). The van der Waals surface area contributed by atoms with Crippen molar-refractivity contribution in [1.82, 2.24) is 15.2 Å². The molecule has 1 saturated heterocycles. The van der Waals surface area contributed by atoms with Gasteiger partial charge in [-0.2, -0.15) is 0 Å². The lowest BCUT2D eigenvalue weighted by atomic mass is 10.1. The van der Waals surface area contributed by atoms with Gasteiger partial charge < -0.3 is 19.4 Å². The van der Waals surface area contributed by atoms with E-state index in [2.05, 4.69) is 10.3 Å². The van der Waals surface area contributed by atoms with Crippen LogP contribution in [0, 0.1) is 5.82 Å². The molecule has 0 bridgehead atoms. The quantitative estimate of drug-likeness (QED) is 0.929. The topological polar surface area (TPSA) is 67.6 Å². The lowest BCUT2D eigenvalue weighted by molar-refractivity contribution is 0.0610. The van der Waals surface area contributed by atoms with Crippen LogP contribution in [0.2, 0.25) is 0 Å². The molecule has 1 aliphatic rings. The minimum Gasteiger partial charge on any atom is -0.484 e. The second kappa shape index (κ2) is 7.00. The molecular weight excluding hydrogens is 313 g/mol. The van der Waals surface area contributed by atoms with Crippen LogP contribution in [0.3, 0.4) is 0 Å². The number of carbonyl (C=O) groups is 1. The SMILES string of the molecule is C[C@@H]1CN(C(=O)c2coc(COc3cccc(F)c3)n2)[C@@H](C)CN1. The molecule has 0 spiro atoms. The maximum absolute atomic E-state index is 13.1. The van der Waals surface area contributed by atoms with E-state index in [9.17, 15) is 9.18 Å². The molecule has 2 aromatic rings. The fourth-order valence-corrected chi connectivity index (χ4v) is 2.63. The highest BCUT2D eigenvalue weighted by molar-refractivity contribution is 5.92. The lowest BCUT2D eigenvalue weighted by Gasteiger charge is -2.37. The fraction of sp³-hybridized carbons (Fsp3) is 0.412. The maximum atomic E-state index is 13.1. The van der Waals surface area contributed by atoms with Crippen molar-refractivity contribution in [1.29, 1.82) is 0 Å². The molecule has 0 aliphatic carbocycles. The molecule has 0 unspecified atom stereocenters. The summed E-state index contributed by atoms with van der Waals surface area (Å²) < 4.78 is 23.8. The second-order valence-corrected chi connectivity index (χ2v) is 5.99. The summed E-state index contributed by atoms with van der Waals surface area (Å²) in [5, 5.41) is 3.33. The number of halogens is 1. The molecule has 1 aromatic carbocycles. The molecule has 1 aromatic heterocycles. The molecule has 128 valence electrons. The summed E-state index contributed by atoms with van der Waals surface area (Å²) in [4.78, 5) is 18.5. The molecule has 0 saturated carbocycles. The minimum atomic E-state index is -0.377. The summed E-state index contributed by atoms with van der Waals surface area (Å²) in [7, 11) is 0. The summed E-state index contributed by atoms with van der Waals surface area (Å²) in [5.74, 6) is 0.123. The zero-order chi connectivity index (χ0) is 17.1. The number of hydrogen-bond donors (Lipinski definition) is 1. The van der Waals surface area contributed by atoms with Crippen LogP contribution >= 0.6 is 0 Å². The van der Waals surface area contributed by atoms with Crippen molar-refractivity contribution in [2.45, 2.75) is 32.5 Å². The molecule has 1 amide bonds. The van der Waals surface area contributed by atoms with E-state index in [4.69, 9.17) is 9.15 Å². The summed E-state index contributed by atoms with van der Waals surface area (Å²) >= 11 is 0. The molecule has 1 N–H and O–H groups in total. The molecule has 6 nitrogen and oxygen atoms in total. The highest BCUT2D eigenvalue weighted by Crippen LogP contribution is 2.16. The Kier molecular flexibility index (Phi) is 4.80. The first-order chi connectivity index (χ1) is 11.5. The summed E-state index contributed by atoms with van der Waals surface area (Å²) in [6.07, 6.45) is 1.34. The van der Waals surface area contributed by atoms with E-state index in [-0.39, 0.29) is 42.0 Å². The Balaban J connectivity index is 1.63. The summed E-state index contributed by atoms with van der Waals surface area (Å²) in [6.45, 7) is 5.44. The number of rotatable bonds is 4. The van der Waals surface area contributed by atoms with Gasteiger partial charge >= 0.3 is 0 Å². The Bertz CT molecular complexity index is 719. The number of nitrogens with one attached hydrogen (secondary N) is 1. The molecule has 1 aliphatic heterocycles. The molecule has 2 atom stereocenters. The van der Waals surface area contributed by atoms with Gasteiger partial charge in [0.2, 0.25) is 5.89 Å². The molecule has 0 radical (unpaired) electrons. The van der Waals surface area contributed by atoms with Crippen molar-refractivity contribution in [2.24, 2.45) is 0 Å². The van der Waals surface area contributed by atoms with Crippen molar-refractivity contribution in [3.8, 4) is 5.75 Å². The van der Waals surface area contributed by atoms with Gasteiger partial charge in [-0.1, -0.05) is 6.07 Å². The molecule has 2 heterocycles. The Morgan fingerprint density at radius 3 is 3.12 bits per heavy atom. The first kappa shape index (κ1) is 16.4. The smallest absolute Gasteiger partial charge is 0.276 e. The van der Waals surface area contributed by atoms with Crippen LogP contribution in [-0.4, -0.2) is 41.0 Å². The van der Waals surface area contributed by atoms with E-state index >= 15 is 0 Å². The third-order valence-corrected chi connectivity index (χ3v) is 3.95. The lowest BCUT2D eigenvalue weighted by Crippen LogP contribution is -2.56. The predicted molar refractivity (Wildman–Crippen MR) is 85.2 cm³/mol. The van der Waals surface area contributed by atoms with E-state index in [1.165, 1.54) is 18.4 Å². The van der Waals surface area contributed by atoms with Crippen molar-refractivity contribution in [3.05, 3.63) is 47.9 Å². The average Bonchev–Trinajstić information content (AvgIpc) is 3.04. The summed E-state index contributed by atoms with van der Waals surface area (Å²) in [6, 6.07) is 6.15. The van der Waals surface area contributed by atoms with Crippen LogP contribution in [0.1, 0.15) is 30.2 Å². The summed E-state index contributed by atoms with van der Waals surface area (Å²) in [5.41, 5.74) is 0.258. The van der Waals surface area contributed by atoms with Gasteiger partial charge in [-0.05, 0) is 26.0 Å². The van der Waals surface area contributed by atoms with Crippen molar-refractivity contribution in [3.63, 3.8) is 0 Å². The number of piperazine rings is 1. The van der Waals surface area contributed by atoms with E-state index in [0.717, 1.165) is 6.54 Å². The first-order valence-corrected chi connectivity index (χ1v) is 7.90. The fourth-order valence-electron chi connectivity index (χ4n) is 2.63. The number of benzene rings is 1. The van der Waals surface area contributed by atoms with Crippen LogP contribution in [0.15, 0.2) is 34.9 Å². The maximum Gasteiger partial charge on any atom is 0.276 e. The third-order valence-electron chi connectivity index (χ3n) is 3.95. The minimum absolute atomic E-state index is 0.0320. The van der Waals surface area contributed by atoms with Crippen molar-refractivity contribution in [2.75, 3.05) is 13.1 Å². The molecular formula is C17H20FN3O3. The van der Waals surface area contributed by atoms with Crippen molar-refractivity contribution >= 4 is 5.91 Å². The van der Waals surface area contributed by atoms with Gasteiger partial charge in [-0.25, -0.2) is 9.37 Å². The predicted octanol–water partition coefficient (Wildman–Crippen LogP) is 2.22. The van der Waals surface area contributed by atoms with Gasteiger partial charge in [0.25, 0.3) is 5.91 Å². The Morgan fingerprint density at radius 2 is 2.33 bits per heavy atom.